The number of benzene rings is 1. The van der Waals surface area contributed by atoms with Crippen molar-refractivity contribution >= 4 is 39.8 Å². The van der Waals surface area contributed by atoms with Crippen LogP contribution in [0.4, 0.5) is 4.39 Å². The molecule has 2 rings (SSSR count). The van der Waals surface area contributed by atoms with Gasteiger partial charge in [-0.15, -0.1) is 24.0 Å². The van der Waals surface area contributed by atoms with E-state index in [0.29, 0.717) is 30.2 Å². The Hall–Kier alpha value is -1.69. The van der Waals surface area contributed by atoms with Crippen LogP contribution in [0, 0.1) is 5.82 Å². The van der Waals surface area contributed by atoms with Gasteiger partial charge in [-0.1, -0.05) is 6.07 Å². The number of nitrogens with zero attached hydrogens (tertiary/aromatic N) is 3. The molecule has 27 heavy (non-hydrogen) atoms. The average molecular weight is 509 g/mol. The van der Waals surface area contributed by atoms with E-state index in [9.17, 15) is 12.8 Å². The van der Waals surface area contributed by atoms with E-state index in [2.05, 4.69) is 20.7 Å². The molecule has 2 N–H and O–H groups in total. The molecule has 1 aromatic heterocycles. The monoisotopic (exact) mass is 509 g/mol. The Morgan fingerprint density at radius 3 is 2.63 bits per heavy atom. The van der Waals surface area contributed by atoms with Crippen LogP contribution in [0.5, 0.6) is 0 Å². The van der Waals surface area contributed by atoms with Gasteiger partial charge in [0.05, 0.1) is 18.5 Å². The van der Waals surface area contributed by atoms with Crippen molar-refractivity contribution in [3.8, 4) is 0 Å². The van der Waals surface area contributed by atoms with E-state index in [1.54, 1.807) is 10.9 Å². The molecular formula is C17H25FIN5O2S. The van der Waals surface area contributed by atoms with Gasteiger partial charge in [0, 0.05) is 38.2 Å². The minimum absolute atomic E-state index is 0. The van der Waals surface area contributed by atoms with Gasteiger partial charge in [0.2, 0.25) is 0 Å². The maximum atomic E-state index is 13.6. The van der Waals surface area contributed by atoms with Crippen molar-refractivity contribution in [2.24, 2.45) is 12.0 Å². The summed E-state index contributed by atoms with van der Waals surface area (Å²) >= 11 is 0. The lowest BCUT2D eigenvalue weighted by Gasteiger charge is -2.14. The molecule has 0 radical (unpaired) electrons. The first-order chi connectivity index (χ1) is 12.3. The zero-order chi connectivity index (χ0) is 19.2. The van der Waals surface area contributed by atoms with Gasteiger partial charge in [-0.25, -0.2) is 17.8 Å². The highest BCUT2D eigenvalue weighted by molar-refractivity contribution is 14.0. The third kappa shape index (κ3) is 8.24. The van der Waals surface area contributed by atoms with Crippen molar-refractivity contribution < 1.29 is 12.8 Å². The normalized spacial score (nSPS) is 11.8. The number of guanidine groups is 1. The third-order valence-corrected chi connectivity index (χ3v) is 4.39. The summed E-state index contributed by atoms with van der Waals surface area (Å²) in [6, 6.07) is 4.12. The molecule has 0 bridgehead atoms. The van der Waals surface area contributed by atoms with E-state index in [-0.39, 0.29) is 36.3 Å². The van der Waals surface area contributed by atoms with Gasteiger partial charge in [-0.2, -0.15) is 5.10 Å². The summed E-state index contributed by atoms with van der Waals surface area (Å²) < 4.78 is 38.5. The number of hydrogen-bond donors (Lipinski definition) is 2. The van der Waals surface area contributed by atoms with Gasteiger partial charge in [-0.3, -0.25) is 4.68 Å². The van der Waals surface area contributed by atoms with Crippen molar-refractivity contribution in [3.05, 3.63) is 53.1 Å². The predicted octanol–water partition coefficient (Wildman–Crippen LogP) is 1.98. The van der Waals surface area contributed by atoms with Crippen molar-refractivity contribution in [1.82, 2.24) is 20.4 Å². The van der Waals surface area contributed by atoms with Crippen LogP contribution in [0.2, 0.25) is 0 Å². The second-order valence-electron chi connectivity index (χ2n) is 6.05. The summed E-state index contributed by atoms with van der Waals surface area (Å²) in [6.07, 6.45) is 4.78. The fraction of sp³-hybridized carbons (Fsp3) is 0.412. The molecule has 7 nitrogen and oxygen atoms in total. The summed E-state index contributed by atoms with van der Waals surface area (Å²) in [4.78, 5) is 4.47. The minimum Gasteiger partial charge on any atom is -0.357 e. The molecule has 1 aromatic carbocycles. The molecule has 0 unspecified atom stereocenters. The van der Waals surface area contributed by atoms with E-state index in [1.807, 2.05) is 20.2 Å². The van der Waals surface area contributed by atoms with Gasteiger partial charge in [-0.05, 0) is 30.2 Å². The number of sulfone groups is 1. The quantitative estimate of drug-likeness (QED) is 0.339. The van der Waals surface area contributed by atoms with Crippen LogP contribution in [0.15, 0.2) is 35.6 Å². The van der Waals surface area contributed by atoms with Crippen LogP contribution < -0.4 is 10.6 Å². The molecule has 0 saturated heterocycles. The lowest BCUT2D eigenvalue weighted by molar-refractivity contribution is 0.599. The number of nitrogens with one attached hydrogen (secondary N) is 2. The van der Waals surface area contributed by atoms with E-state index >= 15 is 0 Å². The Morgan fingerprint density at radius 1 is 1.30 bits per heavy atom. The summed E-state index contributed by atoms with van der Waals surface area (Å²) in [5.74, 6) is 0.0236. The number of hydrogen-bond acceptors (Lipinski definition) is 4. The SMILES string of the molecule is CCNC(=NCc1cnn(C)c1)NCc1cc(F)ccc1CS(C)(=O)=O.I. The van der Waals surface area contributed by atoms with E-state index in [0.717, 1.165) is 11.8 Å². The molecule has 2 aromatic rings. The molecule has 0 amide bonds. The van der Waals surface area contributed by atoms with Crippen LogP contribution in [0.25, 0.3) is 0 Å². The Balaban J connectivity index is 0.00000364. The summed E-state index contributed by atoms with van der Waals surface area (Å²) in [6.45, 7) is 3.32. The molecule has 0 aliphatic rings. The second-order valence-corrected chi connectivity index (χ2v) is 8.19. The summed E-state index contributed by atoms with van der Waals surface area (Å²) in [5, 5.41) is 10.3. The van der Waals surface area contributed by atoms with E-state index in [1.165, 1.54) is 18.2 Å². The third-order valence-electron chi connectivity index (χ3n) is 3.55. The smallest absolute Gasteiger partial charge is 0.191 e. The maximum absolute atomic E-state index is 13.6. The topological polar surface area (TPSA) is 88.4 Å². The van der Waals surface area contributed by atoms with Crippen LogP contribution in [0.3, 0.4) is 0 Å². The fourth-order valence-electron chi connectivity index (χ4n) is 2.43. The van der Waals surface area contributed by atoms with Crippen molar-refractivity contribution in [2.45, 2.75) is 25.8 Å². The number of aromatic nitrogens is 2. The molecular weight excluding hydrogens is 484 g/mol. The van der Waals surface area contributed by atoms with Crippen LogP contribution >= 0.6 is 24.0 Å². The van der Waals surface area contributed by atoms with Crippen molar-refractivity contribution in [3.63, 3.8) is 0 Å². The molecule has 1 heterocycles. The Bertz CT molecular complexity index is 883. The highest BCUT2D eigenvalue weighted by Crippen LogP contribution is 2.14. The molecule has 0 aliphatic heterocycles. The number of aryl methyl sites for hydroxylation is 1. The zero-order valence-electron chi connectivity index (χ0n) is 15.6. The summed E-state index contributed by atoms with van der Waals surface area (Å²) in [5.41, 5.74) is 2.13. The lowest BCUT2D eigenvalue weighted by Crippen LogP contribution is -2.37. The molecule has 0 fully saturated rings. The Kier molecular flexibility index (Phi) is 9.16. The van der Waals surface area contributed by atoms with Gasteiger partial charge in [0.25, 0.3) is 0 Å². The number of aliphatic imine (C=N–C) groups is 1. The molecule has 10 heteroatoms. The number of halogens is 2. The van der Waals surface area contributed by atoms with Crippen molar-refractivity contribution in [2.75, 3.05) is 12.8 Å². The van der Waals surface area contributed by atoms with E-state index in [4.69, 9.17) is 0 Å². The zero-order valence-corrected chi connectivity index (χ0v) is 18.7. The van der Waals surface area contributed by atoms with Crippen LogP contribution in [0.1, 0.15) is 23.6 Å². The Labute approximate surface area is 176 Å². The average Bonchev–Trinajstić information content (AvgIpc) is 2.96. The van der Waals surface area contributed by atoms with Crippen molar-refractivity contribution in [1.29, 1.82) is 0 Å². The minimum atomic E-state index is -3.21. The van der Waals surface area contributed by atoms with Crippen LogP contribution in [-0.4, -0.2) is 37.0 Å². The van der Waals surface area contributed by atoms with Gasteiger partial charge < -0.3 is 10.6 Å². The summed E-state index contributed by atoms with van der Waals surface area (Å²) in [7, 11) is -1.37. The maximum Gasteiger partial charge on any atom is 0.191 e. The first-order valence-electron chi connectivity index (χ1n) is 8.21. The number of rotatable bonds is 7. The van der Waals surface area contributed by atoms with Gasteiger partial charge in [0.1, 0.15) is 5.82 Å². The molecule has 0 spiro atoms. The second kappa shape index (κ2) is 10.6. The largest absolute Gasteiger partial charge is 0.357 e. The molecule has 0 aliphatic carbocycles. The van der Waals surface area contributed by atoms with Crippen LogP contribution in [-0.2, 0) is 35.7 Å². The standard InChI is InChI=1S/C17H24FN5O2S.HI/c1-4-19-17(20-8-13-9-22-23(2)11-13)21-10-15-7-16(18)6-5-14(15)12-26(3,24)25;/h5-7,9,11H,4,8,10,12H2,1-3H3,(H2,19,20,21);1H. The highest BCUT2D eigenvalue weighted by atomic mass is 127. The Morgan fingerprint density at radius 2 is 2.04 bits per heavy atom. The van der Waals surface area contributed by atoms with Gasteiger partial charge >= 0.3 is 0 Å². The predicted molar refractivity (Wildman–Crippen MR) is 115 cm³/mol. The van der Waals surface area contributed by atoms with E-state index < -0.39 is 15.7 Å². The first-order valence-corrected chi connectivity index (χ1v) is 10.3. The molecule has 150 valence electrons. The highest BCUT2D eigenvalue weighted by Gasteiger charge is 2.11. The molecule has 0 saturated carbocycles. The lowest BCUT2D eigenvalue weighted by atomic mass is 10.1. The first kappa shape index (κ1) is 23.3. The molecule has 0 atom stereocenters. The fourth-order valence-corrected chi connectivity index (χ4v) is 3.27. The van der Waals surface area contributed by atoms with Gasteiger partial charge in [0.15, 0.2) is 15.8 Å².